The van der Waals surface area contributed by atoms with E-state index in [1.165, 1.54) is 0 Å². The van der Waals surface area contributed by atoms with Gasteiger partial charge >= 0.3 is 0 Å². The Morgan fingerprint density at radius 2 is 1.41 bits per heavy atom. The van der Waals surface area contributed by atoms with Gasteiger partial charge in [-0.05, 0) is 46.1 Å². The maximum atomic E-state index is 13.3. The Bertz CT molecular complexity index is 789. The van der Waals surface area contributed by atoms with Crippen LogP contribution in [0.15, 0.2) is 0 Å². The molecule has 0 aromatic heterocycles. The van der Waals surface area contributed by atoms with Gasteiger partial charge in [0.05, 0.1) is 71.1 Å². The third-order valence-electron chi connectivity index (χ3n) is 7.60. The average molecular weight is 558 g/mol. The monoisotopic (exact) mass is 557 g/mol. The van der Waals surface area contributed by atoms with Gasteiger partial charge in [0, 0.05) is 19.1 Å². The summed E-state index contributed by atoms with van der Waals surface area (Å²) in [6.07, 6.45) is 2.13. The second kappa shape index (κ2) is 16.4. The van der Waals surface area contributed by atoms with Gasteiger partial charge in [-0.3, -0.25) is 19.3 Å². The molecule has 6 atom stereocenters. The van der Waals surface area contributed by atoms with Crippen molar-refractivity contribution in [2.24, 2.45) is 11.5 Å². The van der Waals surface area contributed by atoms with E-state index in [1.807, 2.05) is 4.90 Å². The standard InChI is InChI=1S/C26H47N5O8/c1-18-22(27)26(34)31-8-3-5-20(31)17-30-7-4-6-21(30)25(33)29-23(24(28)32)19(2)39-16-14-37-12-10-35-9-11-36-13-15-38-18/h18-23H,3-17,27H2,1-2H3,(H2,28,32)(H,29,33). The van der Waals surface area contributed by atoms with Gasteiger partial charge in [-0.25, -0.2) is 0 Å². The van der Waals surface area contributed by atoms with Crippen LogP contribution in [0, 0.1) is 0 Å². The fraction of sp³-hybridized carbons (Fsp3) is 0.885. The summed E-state index contributed by atoms with van der Waals surface area (Å²) >= 11 is 0. The average Bonchev–Trinajstić information content (AvgIpc) is 3.58. The van der Waals surface area contributed by atoms with Crippen molar-refractivity contribution < 1.29 is 38.1 Å². The zero-order valence-electron chi connectivity index (χ0n) is 23.4. The van der Waals surface area contributed by atoms with E-state index in [0.717, 1.165) is 25.8 Å². The molecular formula is C26H47N5O8. The number of ether oxygens (including phenoxy) is 5. The molecule has 13 nitrogen and oxygen atoms in total. The first kappa shape index (κ1) is 31.7. The lowest BCUT2D eigenvalue weighted by atomic mass is 10.1. The summed E-state index contributed by atoms with van der Waals surface area (Å²) in [5.74, 6) is -1.07. The van der Waals surface area contributed by atoms with Crippen molar-refractivity contribution in [3.05, 3.63) is 0 Å². The largest absolute Gasteiger partial charge is 0.377 e. The Labute approximate surface area is 231 Å². The van der Waals surface area contributed by atoms with Gasteiger partial charge in [-0.2, -0.15) is 0 Å². The second-order valence-corrected chi connectivity index (χ2v) is 10.4. The minimum atomic E-state index is -0.971. The van der Waals surface area contributed by atoms with Crippen LogP contribution < -0.4 is 16.8 Å². The molecule has 39 heavy (non-hydrogen) atoms. The lowest BCUT2D eigenvalue weighted by Crippen LogP contribution is -2.57. The second-order valence-electron chi connectivity index (χ2n) is 10.4. The Kier molecular flexibility index (Phi) is 13.3. The first-order valence-corrected chi connectivity index (χ1v) is 14.2. The highest BCUT2D eigenvalue weighted by molar-refractivity contribution is 5.89. The predicted octanol–water partition coefficient (Wildman–Crippen LogP) is -1.39. The topological polar surface area (TPSA) is 168 Å². The van der Waals surface area contributed by atoms with Crippen molar-refractivity contribution in [1.29, 1.82) is 0 Å². The molecule has 0 bridgehead atoms. The Balaban J connectivity index is 1.66. The number of carbonyl (C=O) groups excluding carboxylic acids is 3. The highest BCUT2D eigenvalue weighted by atomic mass is 16.6. The molecule has 0 saturated carbocycles. The van der Waals surface area contributed by atoms with Gasteiger partial charge in [0.1, 0.15) is 12.1 Å². The van der Waals surface area contributed by atoms with Crippen LogP contribution >= 0.6 is 0 Å². The fourth-order valence-electron chi connectivity index (χ4n) is 5.32. The lowest BCUT2D eigenvalue weighted by molar-refractivity contribution is -0.138. The number of primary amides is 1. The van der Waals surface area contributed by atoms with Crippen molar-refractivity contribution in [3.63, 3.8) is 0 Å². The minimum Gasteiger partial charge on any atom is -0.377 e. The predicted molar refractivity (Wildman–Crippen MR) is 142 cm³/mol. The van der Waals surface area contributed by atoms with E-state index in [1.54, 1.807) is 13.8 Å². The summed E-state index contributed by atoms with van der Waals surface area (Å²) in [5.41, 5.74) is 11.9. The molecule has 3 amide bonds. The molecule has 0 aromatic rings. The van der Waals surface area contributed by atoms with Gasteiger partial charge in [-0.1, -0.05) is 0 Å². The van der Waals surface area contributed by atoms with Crippen LogP contribution in [0.4, 0.5) is 0 Å². The summed E-state index contributed by atoms with van der Waals surface area (Å²) in [4.78, 5) is 42.6. The van der Waals surface area contributed by atoms with Crippen molar-refractivity contribution in [3.8, 4) is 0 Å². The Hall–Kier alpha value is -1.87. The number of fused-ring (bicyclic) bond motifs is 2. The van der Waals surface area contributed by atoms with E-state index in [0.29, 0.717) is 65.8 Å². The van der Waals surface area contributed by atoms with Crippen molar-refractivity contribution in [1.82, 2.24) is 15.1 Å². The first-order valence-electron chi connectivity index (χ1n) is 14.2. The summed E-state index contributed by atoms with van der Waals surface area (Å²) in [6, 6.07) is -2.22. The smallest absolute Gasteiger partial charge is 0.242 e. The summed E-state index contributed by atoms with van der Waals surface area (Å²) < 4.78 is 28.0. The van der Waals surface area contributed by atoms with Gasteiger partial charge < -0.3 is 45.4 Å². The number of nitrogens with zero attached hydrogens (tertiary/aromatic N) is 2. The molecule has 5 N–H and O–H groups in total. The molecular weight excluding hydrogens is 510 g/mol. The summed E-state index contributed by atoms with van der Waals surface area (Å²) in [5, 5.41) is 2.81. The van der Waals surface area contributed by atoms with E-state index in [2.05, 4.69) is 10.2 Å². The number of nitrogens with one attached hydrogen (secondary N) is 1. The molecule has 3 aliphatic rings. The van der Waals surface area contributed by atoms with Crippen molar-refractivity contribution in [2.75, 3.05) is 72.5 Å². The molecule has 224 valence electrons. The van der Waals surface area contributed by atoms with E-state index in [4.69, 9.17) is 35.2 Å². The molecule has 0 radical (unpaired) electrons. The van der Waals surface area contributed by atoms with Crippen LogP contribution in [-0.2, 0) is 38.1 Å². The van der Waals surface area contributed by atoms with Crippen LogP contribution in [0.5, 0.6) is 0 Å². The zero-order valence-corrected chi connectivity index (χ0v) is 23.4. The van der Waals surface area contributed by atoms with E-state index >= 15 is 0 Å². The molecule has 0 aliphatic carbocycles. The molecule has 3 aliphatic heterocycles. The van der Waals surface area contributed by atoms with Crippen LogP contribution in [-0.4, -0.2) is 136 Å². The quantitative estimate of drug-likeness (QED) is 0.349. The van der Waals surface area contributed by atoms with E-state index < -0.39 is 36.2 Å². The highest BCUT2D eigenvalue weighted by Gasteiger charge is 2.39. The molecule has 6 unspecified atom stereocenters. The first-order chi connectivity index (χ1) is 18.8. The molecule has 3 fully saturated rings. The maximum absolute atomic E-state index is 13.3. The fourth-order valence-corrected chi connectivity index (χ4v) is 5.32. The molecule has 0 aromatic carbocycles. The van der Waals surface area contributed by atoms with Gasteiger partial charge in [0.25, 0.3) is 0 Å². The number of hydrogen-bond donors (Lipinski definition) is 3. The molecule has 13 heteroatoms. The van der Waals surface area contributed by atoms with Crippen molar-refractivity contribution in [2.45, 2.75) is 75.9 Å². The maximum Gasteiger partial charge on any atom is 0.242 e. The molecule has 3 saturated heterocycles. The number of carbonyl (C=O) groups is 3. The molecule has 3 rings (SSSR count). The van der Waals surface area contributed by atoms with Gasteiger partial charge in [-0.15, -0.1) is 0 Å². The Morgan fingerprint density at radius 1 is 0.846 bits per heavy atom. The normalized spacial score (nSPS) is 34.4. The van der Waals surface area contributed by atoms with E-state index in [-0.39, 0.29) is 24.5 Å². The molecule has 3 heterocycles. The molecule has 0 spiro atoms. The summed E-state index contributed by atoms with van der Waals surface area (Å²) in [7, 11) is 0. The van der Waals surface area contributed by atoms with Crippen LogP contribution in [0.2, 0.25) is 0 Å². The number of rotatable bonds is 1. The van der Waals surface area contributed by atoms with Gasteiger partial charge in [0.15, 0.2) is 0 Å². The van der Waals surface area contributed by atoms with Crippen LogP contribution in [0.1, 0.15) is 39.5 Å². The number of amides is 3. The third-order valence-corrected chi connectivity index (χ3v) is 7.60. The summed E-state index contributed by atoms with van der Waals surface area (Å²) in [6.45, 7) is 8.28. The van der Waals surface area contributed by atoms with Crippen LogP contribution in [0.25, 0.3) is 0 Å². The lowest BCUT2D eigenvalue weighted by Gasteiger charge is -2.34. The highest BCUT2D eigenvalue weighted by Crippen LogP contribution is 2.25. The van der Waals surface area contributed by atoms with Crippen LogP contribution in [0.3, 0.4) is 0 Å². The SMILES string of the molecule is CC1OCCOCCOCCOCCOC(C)C(C(N)=O)NC(=O)C2CCCN2CC2CCCN2C(=O)C1N. The number of nitrogens with two attached hydrogens (primary N) is 2. The minimum absolute atomic E-state index is 0.0452. The van der Waals surface area contributed by atoms with Crippen molar-refractivity contribution >= 4 is 17.7 Å². The van der Waals surface area contributed by atoms with Gasteiger partial charge in [0.2, 0.25) is 17.7 Å². The third kappa shape index (κ3) is 9.62. The Morgan fingerprint density at radius 3 is 2.03 bits per heavy atom. The number of hydrogen-bond acceptors (Lipinski definition) is 10. The zero-order chi connectivity index (χ0) is 28.2. The van der Waals surface area contributed by atoms with E-state index in [9.17, 15) is 14.4 Å².